The van der Waals surface area contributed by atoms with Crippen LogP contribution in [0.1, 0.15) is 12.0 Å². The van der Waals surface area contributed by atoms with Gasteiger partial charge in [-0.1, -0.05) is 11.6 Å². The van der Waals surface area contributed by atoms with E-state index in [0.29, 0.717) is 17.0 Å². The molecular weight excluding hydrogens is 370 g/mol. The van der Waals surface area contributed by atoms with Gasteiger partial charge in [0.2, 0.25) is 5.91 Å². The molecule has 8 nitrogen and oxygen atoms in total. The van der Waals surface area contributed by atoms with Crippen molar-refractivity contribution >= 4 is 33.0 Å². The summed E-state index contributed by atoms with van der Waals surface area (Å²) in [5.74, 6) is -0.101. The van der Waals surface area contributed by atoms with Crippen LogP contribution in [-0.2, 0) is 21.2 Å². The van der Waals surface area contributed by atoms with Gasteiger partial charge in [-0.15, -0.1) is 0 Å². The largest absolute Gasteiger partial charge is 0.341 e. The van der Waals surface area contributed by atoms with Crippen molar-refractivity contribution in [2.24, 2.45) is 0 Å². The number of nitro groups is 1. The lowest BCUT2D eigenvalue weighted by molar-refractivity contribution is -0.384. The number of non-ortho nitro benzene ring substituents is 1. The molecule has 0 N–H and O–H groups in total. The van der Waals surface area contributed by atoms with E-state index >= 15 is 0 Å². The van der Waals surface area contributed by atoms with Crippen LogP contribution in [0.25, 0.3) is 0 Å². The highest BCUT2D eigenvalue weighted by molar-refractivity contribution is 7.91. The molecule has 1 aromatic carbocycles. The summed E-state index contributed by atoms with van der Waals surface area (Å²) in [5.41, 5.74) is 0.490. The lowest BCUT2D eigenvalue weighted by atomic mass is 10.2. The predicted octanol–water partition coefficient (Wildman–Crippen LogP) is 1.33. The van der Waals surface area contributed by atoms with Crippen molar-refractivity contribution in [2.45, 2.75) is 19.0 Å². The number of nitrogens with zero attached hydrogens (tertiary/aromatic N) is 3. The zero-order chi connectivity index (χ0) is 18.8. The molecule has 1 atom stereocenters. The van der Waals surface area contributed by atoms with E-state index < -0.39 is 14.8 Å². The summed E-state index contributed by atoms with van der Waals surface area (Å²) < 4.78 is 23.1. The van der Waals surface area contributed by atoms with Crippen LogP contribution >= 0.6 is 11.6 Å². The third-order valence-corrected chi connectivity index (χ3v) is 6.35. The van der Waals surface area contributed by atoms with Gasteiger partial charge in [0, 0.05) is 36.8 Å². The monoisotopic (exact) mass is 389 g/mol. The average Bonchev–Trinajstić information content (AvgIpc) is 2.88. The summed E-state index contributed by atoms with van der Waals surface area (Å²) in [6.07, 6.45) is 0.449. The SMILES string of the molecule is CN(CC(=O)N(C)C1CCS(=O)(=O)C1)Cc1cc([N+](=O)[O-])ccc1Cl. The van der Waals surface area contributed by atoms with Crippen LogP contribution in [0.5, 0.6) is 0 Å². The topological polar surface area (TPSA) is 101 Å². The minimum absolute atomic E-state index is 0.00430. The predicted molar refractivity (Wildman–Crippen MR) is 94.3 cm³/mol. The maximum atomic E-state index is 12.4. The molecule has 0 spiro atoms. The van der Waals surface area contributed by atoms with Crippen molar-refractivity contribution < 1.29 is 18.1 Å². The quantitative estimate of drug-likeness (QED) is 0.537. The van der Waals surface area contributed by atoms with Crippen molar-refractivity contribution in [3.8, 4) is 0 Å². The molecule has 10 heteroatoms. The molecule has 1 fully saturated rings. The van der Waals surface area contributed by atoms with Gasteiger partial charge >= 0.3 is 0 Å². The highest BCUT2D eigenvalue weighted by Crippen LogP contribution is 2.23. The first kappa shape index (κ1) is 19.6. The number of hydrogen-bond acceptors (Lipinski definition) is 6. The van der Waals surface area contributed by atoms with Crippen LogP contribution in [0.2, 0.25) is 5.02 Å². The fourth-order valence-corrected chi connectivity index (χ4v) is 4.72. The van der Waals surface area contributed by atoms with E-state index in [0.717, 1.165) is 0 Å². The Morgan fingerprint density at radius 2 is 2.08 bits per heavy atom. The molecule has 0 radical (unpaired) electrons. The molecule has 25 heavy (non-hydrogen) atoms. The molecule has 138 valence electrons. The van der Waals surface area contributed by atoms with Crippen molar-refractivity contribution in [3.63, 3.8) is 0 Å². The molecule has 1 amide bonds. The smallest absolute Gasteiger partial charge is 0.269 e. The Hall–Kier alpha value is -1.71. The number of nitro benzene ring substituents is 1. The molecular formula is C15H20ClN3O5S. The Balaban J connectivity index is 1.98. The Morgan fingerprint density at radius 1 is 1.40 bits per heavy atom. The van der Waals surface area contributed by atoms with Gasteiger partial charge in [-0.05, 0) is 25.1 Å². The first-order chi connectivity index (χ1) is 11.6. The van der Waals surface area contributed by atoms with Crippen LogP contribution in [0, 0.1) is 10.1 Å². The third-order valence-electron chi connectivity index (χ3n) is 4.24. The van der Waals surface area contributed by atoms with Crippen molar-refractivity contribution in [1.29, 1.82) is 0 Å². The third kappa shape index (κ3) is 5.13. The molecule has 0 bridgehead atoms. The van der Waals surface area contributed by atoms with Crippen LogP contribution in [-0.4, -0.2) is 67.2 Å². The first-order valence-corrected chi connectivity index (χ1v) is 9.86. The van der Waals surface area contributed by atoms with Crippen LogP contribution < -0.4 is 0 Å². The van der Waals surface area contributed by atoms with Gasteiger partial charge in [0.15, 0.2) is 9.84 Å². The van der Waals surface area contributed by atoms with E-state index in [1.807, 2.05) is 0 Å². The normalized spacial score (nSPS) is 19.1. The summed E-state index contributed by atoms with van der Waals surface area (Å²) in [6, 6.07) is 3.87. The number of sulfone groups is 1. The summed E-state index contributed by atoms with van der Waals surface area (Å²) in [4.78, 5) is 25.9. The second-order valence-corrected chi connectivity index (χ2v) is 8.90. The molecule has 1 heterocycles. The number of rotatable bonds is 6. The van der Waals surface area contributed by atoms with Crippen LogP contribution in [0.15, 0.2) is 18.2 Å². The second kappa shape index (κ2) is 7.67. The highest BCUT2D eigenvalue weighted by Gasteiger charge is 2.32. The van der Waals surface area contributed by atoms with Gasteiger partial charge in [-0.2, -0.15) is 0 Å². The van der Waals surface area contributed by atoms with Gasteiger partial charge < -0.3 is 4.90 Å². The fraction of sp³-hybridized carbons (Fsp3) is 0.533. The van der Waals surface area contributed by atoms with Crippen molar-refractivity contribution in [1.82, 2.24) is 9.80 Å². The zero-order valence-corrected chi connectivity index (χ0v) is 15.6. The molecule has 1 aliphatic rings. The number of carbonyl (C=O) groups is 1. The first-order valence-electron chi connectivity index (χ1n) is 7.66. The minimum atomic E-state index is -3.06. The molecule has 0 saturated carbocycles. The molecule has 1 saturated heterocycles. The van der Waals surface area contributed by atoms with Gasteiger partial charge in [0.05, 0.1) is 23.0 Å². The molecule has 0 aliphatic carbocycles. The number of hydrogen-bond donors (Lipinski definition) is 0. The molecule has 0 aromatic heterocycles. The second-order valence-electron chi connectivity index (χ2n) is 6.27. The average molecular weight is 390 g/mol. The number of halogens is 1. The Bertz CT molecular complexity index is 783. The Morgan fingerprint density at radius 3 is 2.64 bits per heavy atom. The maximum Gasteiger partial charge on any atom is 0.269 e. The minimum Gasteiger partial charge on any atom is -0.341 e. The van der Waals surface area contributed by atoms with Gasteiger partial charge in [-0.3, -0.25) is 19.8 Å². The number of benzene rings is 1. The van der Waals surface area contributed by atoms with Crippen LogP contribution in [0.3, 0.4) is 0 Å². The van der Waals surface area contributed by atoms with Crippen molar-refractivity contribution in [3.05, 3.63) is 38.9 Å². The van der Waals surface area contributed by atoms with E-state index in [-0.39, 0.29) is 42.2 Å². The van der Waals surface area contributed by atoms with E-state index in [1.54, 1.807) is 19.0 Å². The summed E-state index contributed by atoms with van der Waals surface area (Å²) >= 11 is 6.07. The maximum absolute atomic E-state index is 12.4. The summed E-state index contributed by atoms with van der Waals surface area (Å²) in [5, 5.41) is 11.2. The summed E-state index contributed by atoms with van der Waals surface area (Å²) in [6.45, 7) is 0.328. The number of carbonyl (C=O) groups excluding carboxylic acids is 1. The number of amides is 1. The standard InChI is InChI=1S/C15H20ClN3O5S/c1-17(8-11-7-12(19(21)22)3-4-14(11)16)9-15(20)18(2)13-5-6-25(23,24)10-13/h3-4,7,13H,5-6,8-10H2,1-2H3. The van der Waals surface area contributed by atoms with E-state index in [4.69, 9.17) is 11.6 Å². The number of likely N-dealkylation sites (N-methyl/N-ethyl adjacent to an activating group) is 2. The zero-order valence-electron chi connectivity index (χ0n) is 14.0. The van der Waals surface area contributed by atoms with Gasteiger partial charge in [0.1, 0.15) is 0 Å². The molecule has 1 aromatic rings. The van der Waals surface area contributed by atoms with E-state index in [2.05, 4.69) is 0 Å². The van der Waals surface area contributed by atoms with E-state index in [1.165, 1.54) is 23.1 Å². The molecule has 2 rings (SSSR count). The Labute approximate surface area is 151 Å². The van der Waals surface area contributed by atoms with E-state index in [9.17, 15) is 23.3 Å². The van der Waals surface area contributed by atoms with Gasteiger partial charge in [0.25, 0.3) is 5.69 Å². The molecule has 1 aliphatic heterocycles. The Kier molecular flexibility index (Phi) is 6.02. The fourth-order valence-electron chi connectivity index (χ4n) is 2.77. The summed E-state index contributed by atoms with van der Waals surface area (Å²) in [7, 11) is 0.242. The lowest BCUT2D eigenvalue weighted by Crippen LogP contribution is -2.42. The van der Waals surface area contributed by atoms with Crippen molar-refractivity contribution in [2.75, 3.05) is 32.1 Å². The highest BCUT2D eigenvalue weighted by atomic mass is 35.5. The lowest BCUT2D eigenvalue weighted by Gasteiger charge is -2.26. The molecule has 1 unspecified atom stereocenters. The van der Waals surface area contributed by atoms with Crippen LogP contribution in [0.4, 0.5) is 5.69 Å². The van der Waals surface area contributed by atoms with Gasteiger partial charge in [-0.25, -0.2) is 8.42 Å².